The van der Waals surface area contributed by atoms with E-state index in [1.54, 1.807) is 7.11 Å². The number of nitrogens with one attached hydrogen (secondary N) is 1. The topological polar surface area (TPSA) is 50.8 Å². The molecule has 2 aliphatic rings. The molecule has 0 aromatic carbocycles. The first kappa shape index (κ1) is 16.7. The fourth-order valence-electron chi connectivity index (χ4n) is 3.51. The van der Waals surface area contributed by atoms with E-state index in [4.69, 9.17) is 9.47 Å². The van der Waals surface area contributed by atoms with Crippen molar-refractivity contribution in [1.29, 1.82) is 0 Å². The number of morpholine rings is 1. The number of hydrogen-bond donors (Lipinski definition) is 1. The lowest BCUT2D eigenvalue weighted by Crippen LogP contribution is -2.45. The molecule has 1 aliphatic carbocycles. The third-order valence-electron chi connectivity index (χ3n) is 4.84. The molecule has 0 radical (unpaired) electrons. The van der Waals surface area contributed by atoms with E-state index in [0.717, 1.165) is 46.0 Å². The summed E-state index contributed by atoms with van der Waals surface area (Å²) in [7, 11) is 1.75. The highest BCUT2D eigenvalue weighted by Gasteiger charge is 2.34. The second-order valence-electron chi connectivity index (χ2n) is 6.67. The van der Waals surface area contributed by atoms with E-state index in [2.05, 4.69) is 10.2 Å². The second-order valence-corrected chi connectivity index (χ2v) is 6.67. The SMILES string of the molecule is COCC1(CNC(=O)[C@@H](C)CN2CCOCC2)CCCC1. The summed E-state index contributed by atoms with van der Waals surface area (Å²) in [5.41, 5.74) is 0.170. The van der Waals surface area contributed by atoms with Crippen LogP contribution >= 0.6 is 0 Å². The van der Waals surface area contributed by atoms with Gasteiger partial charge in [-0.3, -0.25) is 9.69 Å². The van der Waals surface area contributed by atoms with Gasteiger partial charge in [0.1, 0.15) is 0 Å². The first-order chi connectivity index (χ1) is 10.2. The van der Waals surface area contributed by atoms with Crippen LogP contribution in [0.1, 0.15) is 32.6 Å². The van der Waals surface area contributed by atoms with Crippen LogP contribution in [0.25, 0.3) is 0 Å². The summed E-state index contributed by atoms with van der Waals surface area (Å²) in [4.78, 5) is 14.6. The summed E-state index contributed by atoms with van der Waals surface area (Å²) in [5, 5.41) is 3.16. The van der Waals surface area contributed by atoms with E-state index in [1.165, 1.54) is 25.7 Å². The van der Waals surface area contributed by atoms with Gasteiger partial charge >= 0.3 is 0 Å². The number of carbonyl (C=O) groups is 1. The van der Waals surface area contributed by atoms with Gasteiger partial charge in [-0.15, -0.1) is 0 Å². The molecular weight excluding hydrogens is 268 g/mol. The van der Waals surface area contributed by atoms with E-state index in [-0.39, 0.29) is 17.2 Å². The minimum absolute atomic E-state index is 0.0316. The molecule has 2 fully saturated rings. The van der Waals surface area contributed by atoms with E-state index < -0.39 is 0 Å². The van der Waals surface area contributed by atoms with Crippen LogP contribution in [0.2, 0.25) is 0 Å². The Labute approximate surface area is 128 Å². The normalized spacial score (nSPS) is 23.9. The van der Waals surface area contributed by atoms with Crippen LogP contribution in [0.3, 0.4) is 0 Å². The molecule has 5 heteroatoms. The number of hydrogen-bond acceptors (Lipinski definition) is 4. The van der Waals surface area contributed by atoms with Gasteiger partial charge in [0.25, 0.3) is 0 Å². The van der Waals surface area contributed by atoms with Crippen LogP contribution in [0.15, 0.2) is 0 Å². The number of ether oxygens (including phenoxy) is 2. The highest BCUT2D eigenvalue weighted by Crippen LogP contribution is 2.37. The molecule has 0 bridgehead atoms. The van der Waals surface area contributed by atoms with Crippen LogP contribution in [-0.4, -0.2) is 63.9 Å². The predicted molar refractivity (Wildman–Crippen MR) is 82.2 cm³/mol. The summed E-state index contributed by atoms with van der Waals surface area (Å²) >= 11 is 0. The molecule has 0 unspecified atom stereocenters. The van der Waals surface area contributed by atoms with Gasteiger partial charge in [-0.2, -0.15) is 0 Å². The number of amides is 1. The predicted octanol–water partition coefficient (Wildman–Crippen LogP) is 1.28. The number of rotatable bonds is 7. The van der Waals surface area contributed by atoms with Gasteiger partial charge in [0.2, 0.25) is 5.91 Å². The molecule has 0 spiro atoms. The molecule has 21 heavy (non-hydrogen) atoms. The van der Waals surface area contributed by atoms with Crippen LogP contribution in [0, 0.1) is 11.3 Å². The number of methoxy groups -OCH3 is 1. The van der Waals surface area contributed by atoms with Crippen molar-refractivity contribution >= 4 is 5.91 Å². The maximum Gasteiger partial charge on any atom is 0.224 e. The van der Waals surface area contributed by atoms with Crippen LogP contribution in [-0.2, 0) is 14.3 Å². The Morgan fingerprint density at radius 2 is 2.00 bits per heavy atom. The first-order valence-corrected chi connectivity index (χ1v) is 8.22. The summed E-state index contributed by atoms with van der Waals surface area (Å²) in [5.74, 6) is 0.202. The van der Waals surface area contributed by atoms with Crippen molar-refractivity contribution in [2.75, 3.05) is 53.1 Å². The van der Waals surface area contributed by atoms with Gasteiger partial charge in [0.05, 0.1) is 19.8 Å². The first-order valence-electron chi connectivity index (χ1n) is 8.22. The fourth-order valence-corrected chi connectivity index (χ4v) is 3.51. The lowest BCUT2D eigenvalue weighted by Gasteiger charge is -2.31. The van der Waals surface area contributed by atoms with Gasteiger partial charge in [-0.25, -0.2) is 0 Å². The van der Waals surface area contributed by atoms with Crippen LogP contribution < -0.4 is 5.32 Å². The smallest absolute Gasteiger partial charge is 0.224 e. The summed E-state index contributed by atoms with van der Waals surface area (Å²) < 4.78 is 10.7. The van der Waals surface area contributed by atoms with Gasteiger partial charge in [0, 0.05) is 44.6 Å². The molecule has 0 aromatic heterocycles. The zero-order chi connectivity index (χ0) is 15.1. The lowest BCUT2D eigenvalue weighted by molar-refractivity contribution is -0.126. The van der Waals surface area contributed by atoms with Crippen LogP contribution in [0.5, 0.6) is 0 Å². The highest BCUT2D eigenvalue weighted by atomic mass is 16.5. The maximum absolute atomic E-state index is 12.3. The zero-order valence-electron chi connectivity index (χ0n) is 13.5. The van der Waals surface area contributed by atoms with Gasteiger partial charge < -0.3 is 14.8 Å². The van der Waals surface area contributed by atoms with Crippen molar-refractivity contribution in [1.82, 2.24) is 10.2 Å². The largest absolute Gasteiger partial charge is 0.384 e. The minimum Gasteiger partial charge on any atom is -0.384 e. The quantitative estimate of drug-likeness (QED) is 0.769. The monoisotopic (exact) mass is 298 g/mol. The molecule has 1 N–H and O–H groups in total. The standard InChI is InChI=1S/C16H30N2O3/c1-14(11-18-7-9-21-10-8-18)15(19)17-12-16(13-20-2)5-3-4-6-16/h14H,3-13H2,1-2H3,(H,17,19)/t14-/m0/s1. The molecular formula is C16H30N2O3. The van der Waals surface area contributed by atoms with Crippen molar-refractivity contribution in [3.63, 3.8) is 0 Å². The average molecular weight is 298 g/mol. The van der Waals surface area contributed by atoms with E-state index in [9.17, 15) is 4.79 Å². The lowest BCUT2D eigenvalue weighted by atomic mass is 9.87. The Morgan fingerprint density at radius 1 is 1.33 bits per heavy atom. The average Bonchev–Trinajstić information content (AvgIpc) is 2.95. The molecule has 2 rings (SSSR count). The maximum atomic E-state index is 12.3. The molecule has 1 aliphatic heterocycles. The molecule has 1 amide bonds. The van der Waals surface area contributed by atoms with Gasteiger partial charge in [0.15, 0.2) is 0 Å². The van der Waals surface area contributed by atoms with Crippen molar-refractivity contribution in [3.8, 4) is 0 Å². The van der Waals surface area contributed by atoms with Crippen molar-refractivity contribution in [2.24, 2.45) is 11.3 Å². The third-order valence-corrected chi connectivity index (χ3v) is 4.84. The molecule has 1 saturated carbocycles. The molecule has 0 aromatic rings. The van der Waals surface area contributed by atoms with Gasteiger partial charge in [-0.05, 0) is 12.8 Å². The Hall–Kier alpha value is -0.650. The number of carbonyl (C=O) groups excluding carboxylic acids is 1. The minimum atomic E-state index is 0.0316. The van der Waals surface area contributed by atoms with Gasteiger partial charge in [-0.1, -0.05) is 19.8 Å². The fraction of sp³-hybridized carbons (Fsp3) is 0.938. The van der Waals surface area contributed by atoms with Crippen LogP contribution in [0.4, 0.5) is 0 Å². The molecule has 5 nitrogen and oxygen atoms in total. The molecule has 1 heterocycles. The van der Waals surface area contributed by atoms with Crippen molar-refractivity contribution in [3.05, 3.63) is 0 Å². The van der Waals surface area contributed by atoms with Crippen molar-refractivity contribution < 1.29 is 14.3 Å². The van der Waals surface area contributed by atoms with E-state index in [0.29, 0.717) is 0 Å². The summed E-state index contributed by atoms with van der Waals surface area (Å²) in [6.07, 6.45) is 4.84. The molecule has 1 saturated heterocycles. The summed E-state index contributed by atoms with van der Waals surface area (Å²) in [6, 6.07) is 0. The Morgan fingerprint density at radius 3 is 2.62 bits per heavy atom. The Kier molecular flexibility index (Phi) is 6.45. The summed E-state index contributed by atoms with van der Waals surface area (Å²) in [6.45, 7) is 7.79. The highest BCUT2D eigenvalue weighted by molar-refractivity contribution is 5.78. The molecule has 1 atom stereocenters. The zero-order valence-corrected chi connectivity index (χ0v) is 13.5. The number of nitrogens with zero attached hydrogens (tertiary/aromatic N) is 1. The van der Waals surface area contributed by atoms with E-state index >= 15 is 0 Å². The Balaban J connectivity index is 1.74. The third kappa shape index (κ3) is 4.94. The van der Waals surface area contributed by atoms with E-state index in [1.807, 2.05) is 6.92 Å². The Bertz CT molecular complexity index is 323. The van der Waals surface area contributed by atoms with Crippen molar-refractivity contribution in [2.45, 2.75) is 32.6 Å². The molecule has 122 valence electrons. The second kappa shape index (κ2) is 8.11.